The summed E-state index contributed by atoms with van der Waals surface area (Å²) in [6.07, 6.45) is 2.72. The van der Waals surface area contributed by atoms with Gasteiger partial charge in [-0.25, -0.2) is 0 Å². The Morgan fingerprint density at radius 2 is 2.33 bits per heavy atom. The topological polar surface area (TPSA) is 63.4 Å². The number of nitro benzene ring substituents is 1. The third-order valence-electron chi connectivity index (χ3n) is 3.00. The lowest BCUT2D eigenvalue weighted by molar-refractivity contribution is -0.385. The Kier molecular flexibility index (Phi) is 2.68. The number of nitro groups is 1. The number of aliphatic hydroxyl groups excluding tert-OH is 1. The van der Waals surface area contributed by atoms with Crippen LogP contribution in [0.15, 0.2) is 18.2 Å². The van der Waals surface area contributed by atoms with E-state index in [0.717, 1.165) is 30.4 Å². The van der Waals surface area contributed by atoms with Crippen LogP contribution in [0.1, 0.15) is 29.9 Å². The predicted octanol–water partition coefficient (Wildman–Crippen LogP) is 2.01. The van der Waals surface area contributed by atoms with Gasteiger partial charge in [0.05, 0.1) is 11.5 Å². The summed E-state index contributed by atoms with van der Waals surface area (Å²) in [4.78, 5) is 10.5. The van der Waals surface area contributed by atoms with Crippen molar-refractivity contribution in [1.82, 2.24) is 0 Å². The summed E-state index contributed by atoms with van der Waals surface area (Å²) in [5.74, 6) is -0.0599. The van der Waals surface area contributed by atoms with Crippen LogP contribution in [0.5, 0.6) is 0 Å². The maximum atomic E-state index is 10.9. The van der Waals surface area contributed by atoms with Crippen molar-refractivity contribution in [2.75, 3.05) is 6.61 Å². The van der Waals surface area contributed by atoms with Crippen LogP contribution in [0.4, 0.5) is 5.69 Å². The van der Waals surface area contributed by atoms with E-state index in [-0.39, 0.29) is 23.1 Å². The fraction of sp³-hybridized carbons (Fsp3) is 0.455. The Hall–Kier alpha value is -1.42. The van der Waals surface area contributed by atoms with E-state index < -0.39 is 0 Å². The lowest BCUT2D eigenvalue weighted by Gasteiger charge is -2.23. The van der Waals surface area contributed by atoms with Crippen LogP contribution >= 0.6 is 0 Å². The minimum atomic E-state index is -0.354. The van der Waals surface area contributed by atoms with Crippen molar-refractivity contribution in [2.24, 2.45) is 0 Å². The second kappa shape index (κ2) is 3.98. The molecule has 0 fully saturated rings. The minimum Gasteiger partial charge on any atom is -0.396 e. The van der Waals surface area contributed by atoms with Gasteiger partial charge in [0, 0.05) is 17.5 Å². The molecule has 2 rings (SSSR count). The third-order valence-corrected chi connectivity index (χ3v) is 3.00. The summed E-state index contributed by atoms with van der Waals surface area (Å²) in [6, 6.07) is 5.16. The van der Waals surface area contributed by atoms with E-state index in [2.05, 4.69) is 0 Å². The molecule has 0 saturated carbocycles. The van der Waals surface area contributed by atoms with Gasteiger partial charge in [-0.2, -0.15) is 0 Å². The van der Waals surface area contributed by atoms with Crippen molar-refractivity contribution >= 4 is 5.69 Å². The summed E-state index contributed by atoms with van der Waals surface area (Å²) >= 11 is 0. The van der Waals surface area contributed by atoms with Crippen molar-refractivity contribution in [3.05, 3.63) is 39.4 Å². The Bertz CT molecular complexity index is 389. The van der Waals surface area contributed by atoms with Crippen LogP contribution in [0.3, 0.4) is 0 Å². The molecule has 1 aromatic rings. The quantitative estimate of drug-likeness (QED) is 0.596. The van der Waals surface area contributed by atoms with Gasteiger partial charge in [-0.1, -0.05) is 12.1 Å². The monoisotopic (exact) mass is 207 g/mol. The molecule has 4 heteroatoms. The number of fused-ring (bicyclic) bond motifs is 1. The van der Waals surface area contributed by atoms with Crippen LogP contribution in [-0.2, 0) is 6.42 Å². The molecule has 0 amide bonds. The van der Waals surface area contributed by atoms with Crippen molar-refractivity contribution in [2.45, 2.75) is 25.2 Å². The van der Waals surface area contributed by atoms with Crippen molar-refractivity contribution in [1.29, 1.82) is 0 Å². The molecule has 0 heterocycles. The number of hydrogen-bond acceptors (Lipinski definition) is 3. The van der Waals surface area contributed by atoms with Gasteiger partial charge in [0.1, 0.15) is 0 Å². The lowest BCUT2D eigenvalue weighted by atomic mass is 9.82. The number of hydrogen-bond donors (Lipinski definition) is 1. The molecule has 15 heavy (non-hydrogen) atoms. The fourth-order valence-corrected chi connectivity index (χ4v) is 2.31. The van der Waals surface area contributed by atoms with E-state index >= 15 is 0 Å². The van der Waals surface area contributed by atoms with Crippen LogP contribution in [0.2, 0.25) is 0 Å². The maximum Gasteiger partial charge on any atom is 0.273 e. The zero-order valence-electron chi connectivity index (χ0n) is 8.35. The smallest absolute Gasteiger partial charge is 0.273 e. The van der Waals surface area contributed by atoms with Gasteiger partial charge in [-0.15, -0.1) is 0 Å². The van der Waals surface area contributed by atoms with Gasteiger partial charge in [0.15, 0.2) is 0 Å². The highest BCUT2D eigenvalue weighted by molar-refractivity contribution is 5.49. The summed E-state index contributed by atoms with van der Waals surface area (Å²) in [5, 5.41) is 20.1. The summed E-state index contributed by atoms with van der Waals surface area (Å²) in [7, 11) is 0. The Morgan fingerprint density at radius 3 is 3.00 bits per heavy atom. The van der Waals surface area contributed by atoms with Gasteiger partial charge >= 0.3 is 0 Å². The molecule has 4 nitrogen and oxygen atoms in total. The molecule has 1 aliphatic carbocycles. The average Bonchev–Trinajstić information content (AvgIpc) is 2.27. The number of aliphatic hydroxyl groups is 1. The molecule has 1 atom stereocenters. The van der Waals surface area contributed by atoms with Crippen LogP contribution < -0.4 is 0 Å². The van der Waals surface area contributed by atoms with E-state index in [1.165, 1.54) is 6.07 Å². The molecule has 80 valence electrons. The Labute approximate surface area is 87.7 Å². The second-order valence-corrected chi connectivity index (χ2v) is 3.88. The van der Waals surface area contributed by atoms with E-state index in [9.17, 15) is 15.2 Å². The van der Waals surface area contributed by atoms with Gasteiger partial charge in [-0.3, -0.25) is 10.1 Å². The standard InChI is InChI=1S/C11H13NO3/c13-7-9-5-1-3-8-4-2-6-10(11(8)9)12(14)15/h2,4,6,9,13H,1,3,5,7H2. The zero-order valence-corrected chi connectivity index (χ0v) is 8.35. The van der Waals surface area contributed by atoms with Gasteiger partial charge < -0.3 is 5.11 Å². The number of nitrogens with zero attached hydrogens (tertiary/aromatic N) is 1. The van der Waals surface area contributed by atoms with Crippen LogP contribution in [0, 0.1) is 10.1 Å². The molecular weight excluding hydrogens is 194 g/mol. The molecule has 0 saturated heterocycles. The molecular formula is C11H13NO3. The largest absolute Gasteiger partial charge is 0.396 e. The molecule has 0 bridgehead atoms. The second-order valence-electron chi connectivity index (χ2n) is 3.88. The minimum absolute atomic E-state index is 0.00213. The average molecular weight is 207 g/mol. The molecule has 0 radical (unpaired) electrons. The van der Waals surface area contributed by atoms with E-state index in [0.29, 0.717) is 0 Å². The van der Waals surface area contributed by atoms with E-state index in [1.807, 2.05) is 6.07 Å². The Balaban J connectivity index is 2.54. The first-order valence-electron chi connectivity index (χ1n) is 5.11. The predicted molar refractivity (Wildman–Crippen MR) is 55.9 cm³/mol. The van der Waals surface area contributed by atoms with Gasteiger partial charge in [0.25, 0.3) is 5.69 Å². The van der Waals surface area contributed by atoms with Crippen LogP contribution in [0.25, 0.3) is 0 Å². The molecule has 0 spiro atoms. The third kappa shape index (κ3) is 1.72. The molecule has 1 N–H and O–H groups in total. The highest BCUT2D eigenvalue weighted by atomic mass is 16.6. The SMILES string of the molecule is O=[N+]([O-])c1cccc2c1C(CO)CCC2. The number of aryl methyl sites for hydroxylation is 1. The molecule has 0 aliphatic heterocycles. The first-order chi connectivity index (χ1) is 7.24. The Morgan fingerprint density at radius 1 is 1.53 bits per heavy atom. The van der Waals surface area contributed by atoms with Gasteiger partial charge in [0.2, 0.25) is 0 Å². The molecule has 1 aromatic carbocycles. The fourth-order valence-electron chi connectivity index (χ4n) is 2.31. The molecule has 0 aromatic heterocycles. The first kappa shape index (κ1) is 10.1. The zero-order chi connectivity index (χ0) is 10.8. The van der Waals surface area contributed by atoms with Gasteiger partial charge in [-0.05, 0) is 24.8 Å². The van der Waals surface area contributed by atoms with Crippen molar-refractivity contribution in [3.8, 4) is 0 Å². The first-order valence-corrected chi connectivity index (χ1v) is 5.11. The maximum absolute atomic E-state index is 10.9. The van der Waals surface area contributed by atoms with E-state index in [4.69, 9.17) is 0 Å². The molecule has 1 aliphatic rings. The molecule has 1 unspecified atom stereocenters. The summed E-state index contributed by atoms with van der Waals surface area (Å²) in [5.41, 5.74) is 1.93. The summed E-state index contributed by atoms with van der Waals surface area (Å²) in [6.45, 7) is -0.00213. The highest BCUT2D eigenvalue weighted by Gasteiger charge is 2.27. The number of rotatable bonds is 2. The lowest BCUT2D eigenvalue weighted by Crippen LogP contribution is -2.15. The highest BCUT2D eigenvalue weighted by Crippen LogP contribution is 2.37. The normalized spacial score (nSPS) is 19.7. The van der Waals surface area contributed by atoms with Crippen molar-refractivity contribution < 1.29 is 10.0 Å². The van der Waals surface area contributed by atoms with Crippen LogP contribution in [-0.4, -0.2) is 16.6 Å². The summed E-state index contributed by atoms with van der Waals surface area (Å²) < 4.78 is 0. The number of benzene rings is 1. The van der Waals surface area contributed by atoms with Crippen molar-refractivity contribution in [3.63, 3.8) is 0 Å². The van der Waals surface area contributed by atoms with E-state index in [1.54, 1.807) is 6.07 Å².